The van der Waals surface area contributed by atoms with E-state index in [2.05, 4.69) is 9.47 Å². The van der Waals surface area contributed by atoms with Gasteiger partial charge in [-0.2, -0.15) is 0 Å². The molecule has 1 aliphatic carbocycles. The highest BCUT2D eigenvalue weighted by Crippen LogP contribution is 2.42. The molecule has 0 amide bonds. The molecule has 1 heterocycles. The third-order valence-electron chi connectivity index (χ3n) is 3.19. The summed E-state index contributed by atoms with van der Waals surface area (Å²) < 4.78 is 20.4. The molecule has 1 aliphatic heterocycles. The predicted molar refractivity (Wildman–Crippen MR) is 55.0 cm³/mol. The first kappa shape index (κ1) is 12.3. The number of hydrogen-bond donors (Lipinski definition) is 0. The predicted octanol–water partition coefficient (Wildman–Crippen LogP) is 0.387. The number of carbonyl (C=O) groups excluding carboxylic acids is 2. The lowest BCUT2D eigenvalue weighted by Crippen LogP contribution is -2.38. The highest BCUT2D eigenvalue weighted by atomic mass is 16.8. The fourth-order valence-corrected chi connectivity index (χ4v) is 2.34. The summed E-state index contributed by atoms with van der Waals surface area (Å²) in [6, 6.07) is 0. The molecule has 0 aromatic carbocycles. The van der Waals surface area contributed by atoms with E-state index in [-0.39, 0.29) is 0 Å². The number of methoxy groups -OCH3 is 2. The second-order valence-electron chi connectivity index (χ2n) is 4.24. The van der Waals surface area contributed by atoms with Crippen molar-refractivity contribution in [1.29, 1.82) is 0 Å². The van der Waals surface area contributed by atoms with Crippen molar-refractivity contribution in [2.24, 2.45) is 0 Å². The minimum absolute atomic E-state index is 0.607. The van der Waals surface area contributed by atoms with Gasteiger partial charge in [0.1, 0.15) is 0 Å². The van der Waals surface area contributed by atoms with Crippen LogP contribution in [0, 0.1) is 0 Å². The first-order chi connectivity index (χ1) is 8.12. The van der Waals surface area contributed by atoms with Crippen molar-refractivity contribution in [2.45, 2.75) is 43.7 Å². The molecular formula is C11H16O6. The summed E-state index contributed by atoms with van der Waals surface area (Å²) in [6.07, 6.45) is 1.25. The molecule has 0 N–H and O–H groups in total. The summed E-state index contributed by atoms with van der Waals surface area (Å²) in [7, 11) is 2.50. The summed E-state index contributed by atoms with van der Waals surface area (Å²) in [5.74, 6) is -2.02. The van der Waals surface area contributed by atoms with Crippen LogP contribution in [0.1, 0.15) is 25.7 Å². The number of rotatable bonds is 2. The molecule has 2 aliphatic rings. The third kappa shape index (κ3) is 2.14. The first-order valence-electron chi connectivity index (χ1n) is 5.63. The molecule has 2 fully saturated rings. The van der Waals surface area contributed by atoms with Gasteiger partial charge in [-0.1, -0.05) is 0 Å². The van der Waals surface area contributed by atoms with Gasteiger partial charge in [-0.05, 0) is 12.8 Å². The van der Waals surface area contributed by atoms with Crippen molar-refractivity contribution in [3.63, 3.8) is 0 Å². The minimum atomic E-state index is -1.02. The summed E-state index contributed by atoms with van der Waals surface area (Å²) in [5, 5.41) is 0. The van der Waals surface area contributed by atoms with E-state index >= 15 is 0 Å². The van der Waals surface area contributed by atoms with Crippen LogP contribution in [0.15, 0.2) is 0 Å². The Morgan fingerprint density at radius 1 is 1.00 bits per heavy atom. The highest BCUT2D eigenvalue weighted by Gasteiger charge is 2.55. The maximum atomic E-state index is 11.5. The van der Waals surface area contributed by atoms with Crippen LogP contribution in [0.5, 0.6) is 0 Å². The standard InChI is InChI=1S/C11H16O6/c1-14-9(12)7-8(10(13)15-2)17-11(16-7)5-3-4-6-11/h7-8H,3-6H2,1-2H3/t7-,8+. The zero-order chi connectivity index (χ0) is 12.5. The molecule has 1 saturated heterocycles. The Morgan fingerprint density at radius 2 is 1.41 bits per heavy atom. The molecule has 17 heavy (non-hydrogen) atoms. The molecule has 1 spiro atoms. The summed E-state index contributed by atoms with van der Waals surface area (Å²) in [6.45, 7) is 0. The number of esters is 2. The zero-order valence-corrected chi connectivity index (χ0v) is 9.93. The number of carbonyl (C=O) groups is 2. The Bertz CT molecular complexity index is 294. The monoisotopic (exact) mass is 244 g/mol. The zero-order valence-electron chi connectivity index (χ0n) is 9.93. The van der Waals surface area contributed by atoms with Crippen molar-refractivity contribution in [2.75, 3.05) is 14.2 Å². The summed E-state index contributed by atoms with van der Waals surface area (Å²) in [5.41, 5.74) is 0. The lowest BCUT2D eigenvalue weighted by atomic mass is 10.2. The number of ether oxygens (including phenoxy) is 4. The van der Waals surface area contributed by atoms with Crippen molar-refractivity contribution in [3.05, 3.63) is 0 Å². The Morgan fingerprint density at radius 3 is 1.76 bits per heavy atom. The van der Waals surface area contributed by atoms with Crippen LogP contribution in [0.25, 0.3) is 0 Å². The van der Waals surface area contributed by atoms with E-state index < -0.39 is 29.9 Å². The molecular weight excluding hydrogens is 228 g/mol. The van der Waals surface area contributed by atoms with Gasteiger partial charge in [-0.3, -0.25) is 0 Å². The molecule has 6 nitrogen and oxygen atoms in total. The summed E-state index contributed by atoms with van der Waals surface area (Å²) in [4.78, 5) is 23.1. The van der Waals surface area contributed by atoms with E-state index in [0.29, 0.717) is 12.8 Å². The quantitative estimate of drug-likeness (QED) is 0.654. The molecule has 0 aromatic rings. The lowest BCUT2D eigenvalue weighted by molar-refractivity contribution is -0.184. The fraction of sp³-hybridized carbons (Fsp3) is 0.818. The smallest absolute Gasteiger partial charge is 0.338 e. The molecule has 2 rings (SSSR count). The van der Waals surface area contributed by atoms with Crippen molar-refractivity contribution >= 4 is 11.9 Å². The van der Waals surface area contributed by atoms with Crippen LogP contribution in [-0.4, -0.2) is 44.2 Å². The Balaban J connectivity index is 2.17. The highest BCUT2D eigenvalue weighted by molar-refractivity contribution is 5.86. The molecule has 0 unspecified atom stereocenters. The number of hydrogen-bond acceptors (Lipinski definition) is 6. The average molecular weight is 244 g/mol. The normalized spacial score (nSPS) is 30.5. The second-order valence-corrected chi connectivity index (χ2v) is 4.24. The molecule has 0 radical (unpaired) electrons. The maximum Gasteiger partial charge on any atom is 0.338 e. The van der Waals surface area contributed by atoms with Gasteiger partial charge in [0.2, 0.25) is 0 Å². The SMILES string of the molecule is COC(=O)[C@H]1OC2(CCCC2)O[C@H]1C(=O)OC. The molecule has 96 valence electrons. The molecule has 6 heteroatoms. The topological polar surface area (TPSA) is 71.1 Å². The van der Waals surface area contributed by atoms with Crippen LogP contribution in [0.4, 0.5) is 0 Å². The van der Waals surface area contributed by atoms with Gasteiger partial charge in [0.15, 0.2) is 18.0 Å². The molecule has 0 aromatic heterocycles. The Labute approximate surface area is 99.2 Å². The van der Waals surface area contributed by atoms with E-state index in [1.165, 1.54) is 14.2 Å². The van der Waals surface area contributed by atoms with E-state index in [4.69, 9.17) is 9.47 Å². The van der Waals surface area contributed by atoms with Crippen molar-refractivity contribution in [3.8, 4) is 0 Å². The third-order valence-corrected chi connectivity index (χ3v) is 3.19. The molecule has 0 bridgehead atoms. The van der Waals surface area contributed by atoms with E-state index in [1.54, 1.807) is 0 Å². The van der Waals surface area contributed by atoms with E-state index in [1.807, 2.05) is 0 Å². The van der Waals surface area contributed by atoms with Crippen LogP contribution in [-0.2, 0) is 28.5 Å². The Kier molecular flexibility index (Phi) is 3.35. The van der Waals surface area contributed by atoms with Gasteiger partial charge in [0.25, 0.3) is 0 Å². The Hall–Kier alpha value is -1.14. The largest absolute Gasteiger partial charge is 0.467 e. The minimum Gasteiger partial charge on any atom is -0.467 e. The van der Waals surface area contributed by atoms with E-state index in [0.717, 1.165) is 12.8 Å². The lowest BCUT2D eigenvalue weighted by Gasteiger charge is -2.21. The van der Waals surface area contributed by atoms with Crippen molar-refractivity contribution < 1.29 is 28.5 Å². The second kappa shape index (κ2) is 4.62. The van der Waals surface area contributed by atoms with Gasteiger partial charge in [-0.15, -0.1) is 0 Å². The first-order valence-corrected chi connectivity index (χ1v) is 5.63. The van der Waals surface area contributed by atoms with Crippen LogP contribution in [0.2, 0.25) is 0 Å². The van der Waals surface area contributed by atoms with E-state index in [9.17, 15) is 9.59 Å². The fourth-order valence-electron chi connectivity index (χ4n) is 2.34. The maximum absolute atomic E-state index is 11.5. The van der Waals surface area contributed by atoms with Crippen LogP contribution < -0.4 is 0 Å². The van der Waals surface area contributed by atoms with Gasteiger partial charge in [0.05, 0.1) is 14.2 Å². The molecule has 2 atom stereocenters. The van der Waals surface area contributed by atoms with Gasteiger partial charge in [-0.25, -0.2) is 9.59 Å². The average Bonchev–Trinajstić information content (AvgIpc) is 2.95. The van der Waals surface area contributed by atoms with Crippen molar-refractivity contribution in [1.82, 2.24) is 0 Å². The molecule has 1 saturated carbocycles. The van der Waals surface area contributed by atoms with Gasteiger partial charge in [0, 0.05) is 12.8 Å². The summed E-state index contributed by atoms with van der Waals surface area (Å²) >= 11 is 0. The van der Waals surface area contributed by atoms with Gasteiger partial charge < -0.3 is 18.9 Å². The van der Waals surface area contributed by atoms with Crippen LogP contribution in [0.3, 0.4) is 0 Å². The van der Waals surface area contributed by atoms with Gasteiger partial charge >= 0.3 is 11.9 Å². The van der Waals surface area contributed by atoms with Crippen LogP contribution >= 0.6 is 0 Å².